The van der Waals surface area contributed by atoms with E-state index in [4.69, 9.17) is 29.6 Å². The van der Waals surface area contributed by atoms with E-state index in [9.17, 15) is 0 Å². The summed E-state index contributed by atoms with van der Waals surface area (Å²) in [5, 5.41) is 12.6. The molecule has 3 N–H and O–H groups in total. The van der Waals surface area contributed by atoms with Crippen molar-refractivity contribution in [1.29, 1.82) is 0 Å². The summed E-state index contributed by atoms with van der Waals surface area (Å²) in [5.41, 5.74) is 9.59. The second-order valence-electron chi connectivity index (χ2n) is 4.62. The van der Waals surface area contributed by atoms with Crippen LogP contribution in [0.2, 0.25) is 5.02 Å². The lowest BCUT2D eigenvalue weighted by Crippen LogP contribution is -2.18. The third-order valence-electron chi connectivity index (χ3n) is 3.03. The molecule has 0 aliphatic heterocycles. The third-order valence-corrected chi connectivity index (χ3v) is 3.54. The fraction of sp³-hybridized carbons (Fsp3) is 0.0714. The van der Waals surface area contributed by atoms with Crippen LogP contribution in [0.3, 0.4) is 0 Å². The monoisotopic (exact) mass is 317 g/mol. The molecule has 2 aromatic carbocycles. The summed E-state index contributed by atoms with van der Waals surface area (Å²) >= 11 is 11.0. The number of nitrogens with zero attached hydrogens (tertiary/aromatic N) is 3. The average Bonchev–Trinajstić information content (AvgIpc) is 2.84. The quantitative estimate of drug-likeness (QED) is 0.711. The van der Waals surface area contributed by atoms with Gasteiger partial charge in [0.1, 0.15) is 11.0 Å². The maximum Gasteiger partial charge on any atom is 0.168 e. The summed E-state index contributed by atoms with van der Waals surface area (Å²) in [5.74, 6) is 0. The SMILES string of the molecule is Cc1ccc(-n2nc3ccc(NC(N)=S)cc3n2)cc1Cl. The van der Waals surface area contributed by atoms with Gasteiger partial charge in [0.25, 0.3) is 0 Å². The molecule has 0 aliphatic carbocycles. The Hall–Kier alpha value is -2.18. The lowest BCUT2D eigenvalue weighted by molar-refractivity contribution is 0.765. The van der Waals surface area contributed by atoms with E-state index in [1.165, 1.54) is 0 Å². The van der Waals surface area contributed by atoms with Crippen molar-refractivity contribution in [2.24, 2.45) is 5.73 Å². The van der Waals surface area contributed by atoms with Crippen LogP contribution in [0, 0.1) is 6.92 Å². The van der Waals surface area contributed by atoms with Gasteiger partial charge >= 0.3 is 0 Å². The molecule has 0 amide bonds. The molecule has 5 nitrogen and oxygen atoms in total. The number of aromatic nitrogens is 3. The Bertz CT molecular complexity index is 842. The van der Waals surface area contributed by atoms with E-state index in [2.05, 4.69) is 15.5 Å². The normalized spacial score (nSPS) is 10.8. The highest BCUT2D eigenvalue weighted by molar-refractivity contribution is 7.80. The molecule has 0 saturated carbocycles. The molecule has 1 aromatic heterocycles. The van der Waals surface area contributed by atoms with Gasteiger partial charge in [-0.15, -0.1) is 10.2 Å². The molecular formula is C14H12ClN5S. The summed E-state index contributed by atoms with van der Waals surface area (Å²) in [6.07, 6.45) is 0. The van der Waals surface area contributed by atoms with Gasteiger partial charge in [-0.05, 0) is 55.0 Å². The summed E-state index contributed by atoms with van der Waals surface area (Å²) in [7, 11) is 0. The Morgan fingerprint density at radius 3 is 2.67 bits per heavy atom. The average molecular weight is 318 g/mol. The lowest BCUT2D eigenvalue weighted by Gasteiger charge is -2.02. The van der Waals surface area contributed by atoms with Crippen LogP contribution in [0.15, 0.2) is 36.4 Å². The number of nitrogens with two attached hydrogens (primary N) is 1. The molecule has 3 aromatic rings. The maximum absolute atomic E-state index is 6.14. The number of benzene rings is 2. The highest BCUT2D eigenvalue weighted by Gasteiger charge is 2.07. The van der Waals surface area contributed by atoms with Crippen LogP contribution in [0.25, 0.3) is 16.7 Å². The molecule has 0 saturated heterocycles. The van der Waals surface area contributed by atoms with Crippen molar-refractivity contribution in [2.45, 2.75) is 6.92 Å². The molecule has 0 bridgehead atoms. The van der Waals surface area contributed by atoms with E-state index in [0.717, 1.165) is 28.0 Å². The van der Waals surface area contributed by atoms with Gasteiger partial charge in [0.2, 0.25) is 0 Å². The Kier molecular flexibility index (Phi) is 3.48. The molecule has 0 aliphatic rings. The number of anilines is 1. The minimum absolute atomic E-state index is 0.215. The summed E-state index contributed by atoms with van der Waals surface area (Å²) < 4.78 is 0. The molecular weight excluding hydrogens is 306 g/mol. The maximum atomic E-state index is 6.14. The molecule has 106 valence electrons. The van der Waals surface area contributed by atoms with E-state index < -0.39 is 0 Å². The zero-order valence-electron chi connectivity index (χ0n) is 11.2. The van der Waals surface area contributed by atoms with Gasteiger partial charge in [0.15, 0.2) is 5.11 Å². The van der Waals surface area contributed by atoms with Crippen molar-refractivity contribution in [3.63, 3.8) is 0 Å². The van der Waals surface area contributed by atoms with Gasteiger partial charge in [-0.2, -0.15) is 4.80 Å². The van der Waals surface area contributed by atoms with Gasteiger partial charge in [0.05, 0.1) is 5.69 Å². The minimum Gasteiger partial charge on any atom is -0.376 e. The summed E-state index contributed by atoms with van der Waals surface area (Å²) in [6.45, 7) is 1.95. The van der Waals surface area contributed by atoms with Gasteiger partial charge < -0.3 is 11.1 Å². The van der Waals surface area contributed by atoms with E-state index in [1.807, 2.05) is 43.3 Å². The largest absolute Gasteiger partial charge is 0.376 e. The van der Waals surface area contributed by atoms with Crippen molar-refractivity contribution in [3.8, 4) is 5.69 Å². The molecule has 21 heavy (non-hydrogen) atoms. The number of hydrogen-bond acceptors (Lipinski definition) is 3. The topological polar surface area (TPSA) is 68.8 Å². The first-order valence-corrected chi connectivity index (χ1v) is 7.01. The number of thiocarbonyl (C=S) groups is 1. The van der Waals surface area contributed by atoms with Gasteiger partial charge in [-0.25, -0.2) is 0 Å². The van der Waals surface area contributed by atoms with E-state index >= 15 is 0 Å². The van der Waals surface area contributed by atoms with Gasteiger partial charge in [-0.3, -0.25) is 0 Å². The van der Waals surface area contributed by atoms with Crippen molar-refractivity contribution in [3.05, 3.63) is 47.0 Å². The van der Waals surface area contributed by atoms with Crippen LogP contribution < -0.4 is 11.1 Å². The summed E-state index contributed by atoms with van der Waals surface area (Å²) in [6, 6.07) is 11.2. The number of fused-ring (bicyclic) bond motifs is 1. The first-order valence-electron chi connectivity index (χ1n) is 6.23. The zero-order valence-corrected chi connectivity index (χ0v) is 12.7. The van der Waals surface area contributed by atoms with Crippen molar-refractivity contribution < 1.29 is 0 Å². The zero-order chi connectivity index (χ0) is 15.0. The Morgan fingerprint density at radius 2 is 1.95 bits per heavy atom. The Morgan fingerprint density at radius 1 is 1.19 bits per heavy atom. The molecule has 1 heterocycles. The Balaban J connectivity index is 2.04. The molecule has 3 rings (SSSR count). The van der Waals surface area contributed by atoms with Crippen LogP contribution in [0.4, 0.5) is 5.69 Å². The smallest absolute Gasteiger partial charge is 0.168 e. The Labute approximate surface area is 131 Å². The van der Waals surface area contributed by atoms with Crippen LogP contribution in [0.5, 0.6) is 0 Å². The van der Waals surface area contributed by atoms with Crippen molar-refractivity contribution >= 4 is 45.7 Å². The summed E-state index contributed by atoms with van der Waals surface area (Å²) in [4.78, 5) is 1.56. The molecule has 0 atom stereocenters. The first-order chi connectivity index (χ1) is 10.0. The second kappa shape index (κ2) is 5.31. The predicted octanol–water partition coefficient (Wildman–Crippen LogP) is 3.04. The first kappa shape index (κ1) is 13.8. The van der Waals surface area contributed by atoms with Gasteiger partial charge in [-0.1, -0.05) is 17.7 Å². The van der Waals surface area contributed by atoms with Crippen molar-refractivity contribution in [2.75, 3.05) is 5.32 Å². The fourth-order valence-corrected chi connectivity index (χ4v) is 2.25. The number of nitrogens with one attached hydrogen (secondary N) is 1. The van der Waals surface area contributed by atoms with Crippen molar-refractivity contribution in [1.82, 2.24) is 15.0 Å². The van der Waals surface area contributed by atoms with Crippen LogP contribution in [-0.2, 0) is 0 Å². The van der Waals surface area contributed by atoms with Gasteiger partial charge in [0, 0.05) is 10.7 Å². The number of halogens is 1. The minimum atomic E-state index is 0.215. The van der Waals surface area contributed by atoms with E-state index in [-0.39, 0.29) is 5.11 Å². The lowest BCUT2D eigenvalue weighted by atomic mass is 10.2. The molecule has 0 fully saturated rings. The predicted molar refractivity (Wildman–Crippen MR) is 89.0 cm³/mol. The third kappa shape index (κ3) is 2.81. The number of rotatable bonds is 2. The molecule has 0 radical (unpaired) electrons. The number of hydrogen-bond donors (Lipinski definition) is 2. The van der Waals surface area contributed by atoms with Crippen LogP contribution in [-0.4, -0.2) is 20.1 Å². The second-order valence-corrected chi connectivity index (χ2v) is 5.46. The molecule has 7 heteroatoms. The van der Waals surface area contributed by atoms with Crippen LogP contribution >= 0.6 is 23.8 Å². The van der Waals surface area contributed by atoms with E-state index in [1.54, 1.807) is 4.80 Å². The highest BCUT2D eigenvalue weighted by atomic mass is 35.5. The highest BCUT2D eigenvalue weighted by Crippen LogP contribution is 2.21. The molecule has 0 unspecified atom stereocenters. The number of aryl methyl sites for hydroxylation is 1. The van der Waals surface area contributed by atoms with Crippen LogP contribution in [0.1, 0.15) is 5.56 Å². The van der Waals surface area contributed by atoms with E-state index in [0.29, 0.717) is 5.02 Å². The fourth-order valence-electron chi connectivity index (χ4n) is 1.96. The molecule has 0 spiro atoms. The standard InChI is InChI=1S/C14H12ClN5S/c1-8-2-4-10(7-11(8)15)20-18-12-5-3-9(17-14(16)21)6-13(12)19-20/h2-7H,1H3,(H3,16,17,21).